The molecule has 5 heteroatoms. The Kier molecular flexibility index (Phi) is 4.77. The summed E-state index contributed by atoms with van der Waals surface area (Å²) in [5, 5.41) is 2.92. The summed E-state index contributed by atoms with van der Waals surface area (Å²) in [5.41, 5.74) is 6.18. The second kappa shape index (κ2) is 6.35. The highest BCUT2D eigenvalue weighted by Crippen LogP contribution is 2.25. The van der Waals surface area contributed by atoms with Crippen LogP contribution in [0.2, 0.25) is 5.02 Å². The van der Waals surface area contributed by atoms with E-state index in [9.17, 15) is 9.18 Å². The zero-order valence-electron chi connectivity index (χ0n) is 10.7. The molecule has 0 saturated heterocycles. The SMILES string of the molecule is NC1CCCCCC1C(=O)Nc1ccc(Cl)cc1F. The fourth-order valence-electron chi connectivity index (χ4n) is 2.48. The minimum Gasteiger partial charge on any atom is -0.327 e. The molecule has 1 amide bonds. The molecule has 2 rings (SSSR count). The lowest BCUT2D eigenvalue weighted by Crippen LogP contribution is -2.37. The predicted molar refractivity (Wildman–Crippen MR) is 74.6 cm³/mol. The van der Waals surface area contributed by atoms with Gasteiger partial charge in [0.05, 0.1) is 11.6 Å². The van der Waals surface area contributed by atoms with E-state index in [1.54, 1.807) is 6.07 Å². The van der Waals surface area contributed by atoms with Crippen LogP contribution in [0.15, 0.2) is 18.2 Å². The van der Waals surface area contributed by atoms with Gasteiger partial charge in [-0.1, -0.05) is 30.9 Å². The van der Waals surface area contributed by atoms with Crippen LogP contribution in [0.5, 0.6) is 0 Å². The largest absolute Gasteiger partial charge is 0.327 e. The monoisotopic (exact) mass is 284 g/mol. The molecule has 0 aliphatic heterocycles. The Morgan fingerprint density at radius 1 is 1.32 bits per heavy atom. The van der Waals surface area contributed by atoms with E-state index in [0.717, 1.165) is 32.1 Å². The minimum absolute atomic E-state index is 0.141. The van der Waals surface area contributed by atoms with Crippen LogP contribution in [0.4, 0.5) is 10.1 Å². The number of anilines is 1. The molecule has 1 fully saturated rings. The van der Waals surface area contributed by atoms with Crippen LogP contribution in [0, 0.1) is 11.7 Å². The number of rotatable bonds is 2. The highest BCUT2D eigenvalue weighted by molar-refractivity contribution is 6.30. The third-order valence-electron chi connectivity index (χ3n) is 3.60. The molecule has 1 aliphatic rings. The Hall–Kier alpha value is -1.13. The second-order valence-electron chi connectivity index (χ2n) is 5.02. The van der Waals surface area contributed by atoms with E-state index in [1.165, 1.54) is 12.1 Å². The van der Waals surface area contributed by atoms with Gasteiger partial charge in [-0.3, -0.25) is 4.79 Å². The van der Waals surface area contributed by atoms with Crippen molar-refractivity contribution in [3.63, 3.8) is 0 Å². The lowest BCUT2D eigenvalue weighted by molar-refractivity contribution is -0.120. The van der Waals surface area contributed by atoms with Crippen LogP contribution >= 0.6 is 11.6 Å². The Morgan fingerprint density at radius 2 is 2.05 bits per heavy atom. The van der Waals surface area contributed by atoms with Crippen molar-refractivity contribution in [2.75, 3.05) is 5.32 Å². The van der Waals surface area contributed by atoms with Crippen molar-refractivity contribution in [1.82, 2.24) is 0 Å². The van der Waals surface area contributed by atoms with Crippen LogP contribution in [0.3, 0.4) is 0 Å². The van der Waals surface area contributed by atoms with E-state index in [2.05, 4.69) is 5.32 Å². The molecule has 1 aliphatic carbocycles. The summed E-state index contributed by atoms with van der Waals surface area (Å²) in [7, 11) is 0. The number of carbonyl (C=O) groups is 1. The van der Waals surface area contributed by atoms with Crippen molar-refractivity contribution in [3.05, 3.63) is 29.0 Å². The zero-order valence-corrected chi connectivity index (χ0v) is 11.4. The standard InChI is InChI=1S/C14H18ClFN2O/c15-9-6-7-13(11(16)8-9)18-14(19)10-4-2-1-3-5-12(10)17/h6-8,10,12H,1-5,17H2,(H,18,19). The molecular weight excluding hydrogens is 267 g/mol. The van der Waals surface area contributed by atoms with Crippen molar-refractivity contribution in [2.45, 2.75) is 38.1 Å². The van der Waals surface area contributed by atoms with Crippen LogP contribution < -0.4 is 11.1 Å². The average Bonchev–Trinajstić information content (AvgIpc) is 2.57. The van der Waals surface area contributed by atoms with Gasteiger partial charge in [-0.2, -0.15) is 0 Å². The first-order valence-electron chi connectivity index (χ1n) is 6.59. The third-order valence-corrected chi connectivity index (χ3v) is 3.83. The topological polar surface area (TPSA) is 55.1 Å². The number of nitrogens with one attached hydrogen (secondary N) is 1. The first-order valence-corrected chi connectivity index (χ1v) is 6.97. The van der Waals surface area contributed by atoms with Gasteiger partial charge >= 0.3 is 0 Å². The molecule has 1 aromatic carbocycles. The summed E-state index contributed by atoms with van der Waals surface area (Å²) in [6, 6.07) is 4.06. The van der Waals surface area contributed by atoms with E-state index in [-0.39, 0.29) is 23.6 Å². The fourth-order valence-corrected chi connectivity index (χ4v) is 2.64. The number of amides is 1. The first-order chi connectivity index (χ1) is 9.08. The van der Waals surface area contributed by atoms with E-state index < -0.39 is 5.82 Å². The summed E-state index contributed by atoms with van der Waals surface area (Å²) in [6.07, 6.45) is 4.77. The van der Waals surface area contributed by atoms with Crippen LogP contribution in [0.1, 0.15) is 32.1 Å². The third kappa shape index (κ3) is 3.67. The van der Waals surface area contributed by atoms with Crippen molar-refractivity contribution >= 4 is 23.2 Å². The van der Waals surface area contributed by atoms with E-state index in [0.29, 0.717) is 5.02 Å². The highest BCUT2D eigenvalue weighted by Gasteiger charge is 2.27. The maximum absolute atomic E-state index is 13.6. The van der Waals surface area contributed by atoms with Gasteiger partial charge in [0.2, 0.25) is 5.91 Å². The van der Waals surface area contributed by atoms with Gasteiger partial charge in [-0.15, -0.1) is 0 Å². The van der Waals surface area contributed by atoms with Gasteiger partial charge in [0.25, 0.3) is 0 Å². The maximum atomic E-state index is 13.6. The Morgan fingerprint density at radius 3 is 2.79 bits per heavy atom. The van der Waals surface area contributed by atoms with Crippen LogP contribution in [-0.4, -0.2) is 11.9 Å². The van der Waals surface area contributed by atoms with Gasteiger partial charge in [-0.25, -0.2) is 4.39 Å². The number of benzene rings is 1. The molecule has 2 unspecified atom stereocenters. The normalized spacial score (nSPS) is 23.7. The highest BCUT2D eigenvalue weighted by atomic mass is 35.5. The number of halogens is 2. The molecule has 104 valence electrons. The van der Waals surface area contributed by atoms with Crippen molar-refractivity contribution in [1.29, 1.82) is 0 Å². The van der Waals surface area contributed by atoms with Gasteiger partial charge < -0.3 is 11.1 Å². The van der Waals surface area contributed by atoms with Crippen molar-refractivity contribution in [2.24, 2.45) is 11.7 Å². The minimum atomic E-state index is -0.525. The molecule has 1 aromatic rings. The molecule has 0 spiro atoms. The average molecular weight is 285 g/mol. The lowest BCUT2D eigenvalue weighted by Gasteiger charge is -2.20. The molecule has 3 N–H and O–H groups in total. The molecule has 1 saturated carbocycles. The summed E-state index contributed by atoms with van der Waals surface area (Å²) in [6.45, 7) is 0. The lowest BCUT2D eigenvalue weighted by atomic mass is 9.94. The number of nitrogens with two attached hydrogens (primary N) is 1. The van der Waals surface area contributed by atoms with E-state index >= 15 is 0 Å². The molecule has 19 heavy (non-hydrogen) atoms. The van der Waals surface area contributed by atoms with Crippen molar-refractivity contribution in [3.8, 4) is 0 Å². The smallest absolute Gasteiger partial charge is 0.229 e. The van der Waals surface area contributed by atoms with Crippen LogP contribution in [-0.2, 0) is 4.79 Å². The second-order valence-corrected chi connectivity index (χ2v) is 5.46. The molecule has 0 aromatic heterocycles. The van der Waals surface area contributed by atoms with Crippen molar-refractivity contribution < 1.29 is 9.18 Å². The Balaban J connectivity index is 2.07. The van der Waals surface area contributed by atoms with Gasteiger partial charge in [-0.05, 0) is 31.0 Å². The maximum Gasteiger partial charge on any atom is 0.229 e. The number of hydrogen-bond donors (Lipinski definition) is 2. The molecule has 0 bridgehead atoms. The molecule has 0 radical (unpaired) electrons. The summed E-state index contributed by atoms with van der Waals surface area (Å²) < 4.78 is 13.6. The Bertz CT molecular complexity index is 467. The molecular formula is C14H18ClFN2O. The van der Waals surface area contributed by atoms with Crippen LogP contribution in [0.25, 0.3) is 0 Å². The molecule has 0 heterocycles. The van der Waals surface area contributed by atoms with Gasteiger partial charge in [0.15, 0.2) is 0 Å². The number of carbonyl (C=O) groups excluding carboxylic acids is 1. The predicted octanol–water partition coefficient (Wildman–Crippen LogP) is 3.33. The van der Waals surface area contributed by atoms with Gasteiger partial charge in [0, 0.05) is 11.1 Å². The van der Waals surface area contributed by atoms with E-state index in [1.807, 2.05) is 0 Å². The molecule has 3 nitrogen and oxygen atoms in total. The molecule has 2 atom stereocenters. The Labute approximate surface area is 117 Å². The quantitative estimate of drug-likeness (QED) is 0.819. The summed E-state index contributed by atoms with van der Waals surface area (Å²) in [5.74, 6) is -0.962. The van der Waals surface area contributed by atoms with E-state index in [4.69, 9.17) is 17.3 Å². The number of hydrogen-bond acceptors (Lipinski definition) is 2. The zero-order chi connectivity index (χ0) is 13.8. The summed E-state index contributed by atoms with van der Waals surface area (Å²) >= 11 is 5.67. The summed E-state index contributed by atoms with van der Waals surface area (Å²) in [4.78, 5) is 12.2. The van der Waals surface area contributed by atoms with Gasteiger partial charge in [0.1, 0.15) is 5.82 Å². The fraction of sp³-hybridized carbons (Fsp3) is 0.500. The first kappa shape index (κ1) is 14.3.